The van der Waals surface area contributed by atoms with Gasteiger partial charge in [-0.2, -0.15) is 0 Å². The van der Waals surface area contributed by atoms with Gasteiger partial charge in [0.25, 0.3) is 0 Å². The Bertz CT molecular complexity index is 534. The number of ether oxygens (including phenoxy) is 1. The second-order valence-corrected chi connectivity index (χ2v) is 6.62. The van der Waals surface area contributed by atoms with Gasteiger partial charge in [-0.05, 0) is 44.4 Å². The molecule has 1 heterocycles. The van der Waals surface area contributed by atoms with Crippen LogP contribution in [0.1, 0.15) is 32.3 Å². The number of rotatable bonds is 4. The Hall–Kier alpha value is -0.810. The molecule has 0 unspecified atom stereocenters. The highest BCUT2D eigenvalue weighted by Crippen LogP contribution is 2.29. The summed E-state index contributed by atoms with van der Waals surface area (Å²) in [6.07, 6.45) is 1.07. The lowest BCUT2D eigenvalue weighted by molar-refractivity contribution is -0.133. The maximum Gasteiger partial charge on any atom is 0.249 e. The third-order valence-electron chi connectivity index (χ3n) is 3.74. The number of amides is 1. The largest absolute Gasteiger partial charge is 0.364 e. The first kappa shape index (κ1) is 16.6. The van der Waals surface area contributed by atoms with E-state index in [0.29, 0.717) is 23.0 Å². The number of nitrogens with one attached hydrogen (secondary N) is 1. The van der Waals surface area contributed by atoms with E-state index in [-0.39, 0.29) is 12.0 Å². The minimum Gasteiger partial charge on any atom is -0.364 e. The lowest BCUT2D eigenvalue weighted by Gasteiger charge is -2.28. The molecule has 21 heavy (non-hydrogen) atoms. The fourth-order valence-corrected chi connectivity index (χ4v) is 2.72. The predicted octanol–water partition coefficient (Wildman–Crippen LogP) is 2.85. The Morgan fingerprint density at radius 1 is 1.38 bits per heavy atom. The van der Waals surface area contributed by atoms with E-state index >= 15 is 0 Å². The van der Waals surface area contributed by atoms with Crippen LogP contribution < -0.4 is 11.1 Å². The van der Waals surface area contributed by atoms with Gasteiger partial charge in [-0.25, -0.2) is 0 Å². The molecular formula is C15H20Cl2N2O2. The van der Waals surface area contributed by atoms with Crippen molar-refractivity contribution in [3.05, 3.63) is 33.8 Å². The summed E-state index contributed by atoms with van der Waals surface area (Å²) in [6.45, 7) is 4.28. The first-order valence-electron chi connectivity index (χ1n) is 6.96. The van der Waals surface area contributed by atoms with Crippen LogP contribution in [0.2, 0.25) is 10.0 Å². The van der Waals surface area contributed by atoms with E-state index in [4.69, 9.17) is 33.7 Å². The summed E-state index contributed by atoms with van der Waals surface area (Å²) >= 11 is 12.0. The Kier molecular flexibility index (Phi) is 5.15. The molecule has 3 N–H and O–H groups in total. The first-order valence-corrected chi connectivity index (χ1v) is 7.72. The Balaban J connectivity index is 2.06. The molecule has 1 aliphatic rings. The summed E-state index contributed by atoms with van der Waals surface area (Å²) in [6, 6.07) is 5.35. The Morgan fingerprint density at radius 3 is 2.67 bits per heavy atom. The van der Waals surface area contributed by atoms with Crippen LogP contribution in [0.5, 0.6) is 0 Å². The molecule has 0 spiro atoms. The zero-order valence-corrected chi connectivity index (χ0v) is 13.7. The monoisotopic (exact) mass is 330 g/mol. The van der Waals surface area contributed by atoms with Gasteiger partial charge in [-0.15, -0.1) is 0 Å². The summed E-state index contributed by atoms with van der Waals surface area (Å²) in [5, 5.41) is 3.96. The normalized spacial score (nSPS) is 22.3. The summed E-state index contributed by atoms with van der Waals surface area (Å²) in [4.78, 5) is 12.3. The van der Waals surface area contributed by atoms with E-state index in [1.165, 1.54) is 0 Å². The van der Waals surface area contributed by atoms with Crippen LogP contribution in [0.15, 0.2) is 18.2 Å². The van der Waals surface area contributed by atoms with Crippen LogP contribution in [0, 0.1) is 0 Å². The second-order valence-electron chi connectivity index (χ2n) is 5.80. The fourth-order valence-electron chi connectivity index (χ4n) is 2.42. The van der Waals surface area contributed by atoms with Crippen molar-refractivity contribution in [2.45, 2.75) is 44.4 Å². The fraction of sp³-hybridized carbons (Fsp3) is 0.533. The average Bonchev–Trinajstić information content (AvgIpc) is 2.90. The standard InChI is InChI=1S/C15H20Cl2N2O2/c1-15(2,9-3-5-11(16)12(17)7-9)19-14(20)13-6-4-10(8-18)21-13/h3,5,7,10,13H,4,6,8,18H2,1-2H3,(H,19,20)/t10-,13+/m1/s1. The molecule has 1 saturated heterocycles. The maximum absolute atomic E-state index is 12.3. The molecule has 0 saturated carbocycles. The van der Waals surface area contributed by atoms with Crippen molar-refractivity contribution >= 4 is 29.1 Å². The van der Waals surface area contributed by atoms with Crippen LogP contribution in [0.25, 0.3) is 0 Å². The molecule has 2 atom stereocenters. The summed E-state index contributed by atoms with van der Waals surface area (Å²) in [7, 11) is 0. The molecule has 116 valence electrons. The lowest BCUT2D eigenvalue weighted by atomic mass is 9.94. The van der Waals surface area contributed by atoms with Gasteiger partial charge < -0.3 is 15.8 Å². The molecule has 1 aromatic carbocycles. The number of hydrogen-bond acceptors (Lipinski definition) is 3. The molecule has 1 fully saturated rings. The molecule has 6 heteroatoms. The van der Waals surface area contributed by atoms with Gasteiger partial charge in [0.15, 0.2) is 0 Å². The molecule has 0 bridgehead atoms. The highest BCUT2D eigenvalue weighted by Gasteiger charge is 2.33. The number of carbonyl (C=O) groups is 1. The zero-order chi connectivity index (χ0) is 15.6. The Labute approximate surface area is 134 Å². The van der Waals surface area contributed by atoms with E-state index in [0.717, 1.165) is 12.0 Å². The first-order chi connectivity index (χ1) is 9.83. The lowest BCUT2D eigenvalue weighted by Crippen LogP contribution is -2.46. The smallest absolute Gasteiger partial charge is 0.249 e. The molecule has 1 aromatic rings. The zero-order valence-electron chi connectivity index (χ0n) is 12.2. The van der Waals surface area contributed by atoms with Gasteiger partial charge >= 0.3 is 0 Å². The number of carbonyl (C=O) groups excluding carboxylic acids is 1. The van der Waals surface area contributed by atoms with Crippen molar-refractivity contribution in [2.24, 2.45) is 5.73 Å². The van der Waals surface area contributed by atoms with Crippen molar-refractivity contribution in [3.8, 4) is 0 Å². The number of benzene rings is 1. The summed E-state index contributed by atoms with van der Waals surface area (Å²) < 4.78 is 5.61. The van der Waals surface area contributed by atoms with Crippen molar-refractivity contribution in [2.75, 3.05) is 6.54 Å². The van der Waals surface area contributed by atoms with E-state index in [1.807, 2.05) is 19.9 Å². The minimum atomic E-state index is -0.560. The average molecular weight is 331 g/mol. The van der Waals surface area contributed by atoms with Gasteiger partial charge in [0.2, 0.25) is 5.91 Å². The topological polar surface area (TPSA) is 64.4 Å². The van der Waals surface area contributed by atoms with E-state index < -0.39 is 11.6 Å². The van der Waals surface area contributed by atoms with Crippen LogP contribution >= 0.6 is 23.2 Å². The molecule has 1 aliphatic heterocycles. The molecule has 0 radical (unpaired) electrons. The molecule has 4 nitrogen and oxygen atoms in total. The quantitative estimate of drug-likeness (QED) is 0.892. The number of nitrogens with two attached hydrogens (primary N) is 1. The second kappa shape index (κ2) is 6.53. The van der Waals surface area contributed by atoms with Crippen molar-refractivity contribution < 1.29 is 9.53 Å². The Morgan fingerprint density at radius 2 is 2.10 bits per heavy atom. The van der Waals surface area contributed by atoms with Gasteiger partial charge in [-0.1, -0.05) is 29.3 Å². The SMILES string of the molecule is CC(C)(NC(=O)[C@@H]1CC[C@H](CN)O1)c1ccc(Cl)c(Cl)c1. The van der Waals surface area contributed by atoms with E-state index in [1.54, 1.807) is 12.1 Å². The highest BCUT2D eigenvalue weighted by molar-refractivity contribution is 6.42. The summed E-state index contributed by atoms with van der Waals surface area (Å²) in [5.41, 5.74) is 5.89. The third kappa shape index (κ3) is 3.89. The van der Waals surface area contributed by atoms with Gasteiger partial charge in [-0.3, -0.25) is 4.79 Å². The molecule has 2 rings (SSSR count). The van der Waals surface area contributed by atoms with Crippen molar-refractivity contribution in [1.82, 2.24) is 5.32 Å². The molecule has 0 aromatic heterocycles. The predicted molar refractivity (Wildman–Crippen MR) is 84.6 cm³/mol. The van der Waals surface area contributed by atoms with Crippen molar-refractivity contribution in [1.29, 1.82) is 0 Å². The third-order valence-corrected chi connectivity index (χ3v) is 4.48. The van der Waals surface area contributed by atoms with Gasteiger partial charge in [0.05, 0.1) is 21.7 Å². The van der Waals surface area contributed by atoms with E-state index in [2.05, 4.69) is 5.32 Å². The van der Waals surface area contributed by atoms with Gasteiger partial charge in [0, 0.05) is 6.54 Å². The maximum atomic E-state index is 12.3. The number of halogens is 2. The van der Waals surface area contributed by atoms with Crippen LogP contribution in [-0.2, 0) is 15.1 Å². The minimum absolute atomic E-state index is 0.0196. The molecule has 0 aliphatic carbocycles. The van der Waals surface area contributed by atoms with Crippen LogP contribution in [0.4, 0.5) is 0 Å². The molecule has 1 amide bonds. The summed E-state index contributed by atoms with van der Waals surface area (Å²) in [5.74, 6) is -0.123. The van der Waals surface area contributed by atoms with Crippen molar-refractivity contribution in [3.63, 3.8) is 0 Å². The van der Waals surface area contributed by atoms with Crippen LogP contribution in [-0.4, -0.2) is 24.7 Å². The molecular weight excluding hydrogens is 311 g/mol. The van der Waals surface area contributed by atoms with Gasteiger partial charge in [0.1, 0.15) is 6.10 Å². The van der Waals surface area contributed by atoms with E-state index in [9.17, 15) is 4.79 Å². The van der Waals surface area contributed by atoms with Crippen LogP contribution in [0.3, 0.4) is 0 Å². The highest BCUT2D eigenvalue weighted by atomic mass is 35.5. The number of hydrogen-bond donors (Lipinski definition) is 2.